The fourth-order valence-electron chi connectivity index (χ4n) is 2.42. The van der Waals surface area contributed by atoms with Gasteiger partial charge in [-0.15, -0.1) is 0 Å². The Hall–Kier alpha value is -3.04. The van der Waals surface area contributed by atoms with Crippen molar-refractivity contribution in [1.29, 1.82) is 5.26 Å². The standard InChI is InChI=1S/C20H19ClN2O4/c1-4-26-19-10-14(9-18(21)20(19)27-13(2)3)8-16(12-22)15-6-5-7-17(11-15)23(24)25/h5-11,13H,4H2,1-3H3. The highest BCUT2D eigenvalue weighted by Gasteiger charge is 2.15. The van der Waals surface area contributed by atoms with Crippen molar-refractivity contribution in [1.82, 2.24) is 0 Å². The number of non-ortho nitro benzene ring substituents is 1. The average Bonchev–Trinajstić information content (AvgIpc) is 2.62. The number of ether oxygens (including phenoxy) is 2. The van der Waals surface area contributed by atoms with Gasteiger partial charge in [-0.1, -0.05) is 23.7 Å². The van der Waals surface area contributed by atoms with Crippen LogP contribution < -0.4 is 9.47 Å². The van der Waals surface area contributed by atoms with Crippen LogP contribution in [-0.2, 0) is 0 Å². The van der Waals surface area contributed by atoms with Crippen molar-refractivity contribution >= 4 is 28.9 Å². The molecule has 0 heterocycles. The maximum absolute atomic E-state index is 11.0. The van der Waals surface area contributed by atoms with E-state index in [1.807, 2.05) is 20.8 Å². The number of nitro groups is 1. The van der Waals surface area contributed by atoms with E-state index in [2.05, 4.69) is 6.07 Å². The van der Waals surface area contributed by atoms with E-state index in [0.717, 1.165) is 0 Å². The first kappa shape index (κ1) is 20.3. The Kier molecular flexibility index (Phi) is 6.80. The Morgan fingerprint density at radius 1 is 1.37 bits per heavy atom. The first-order valence-corrected chi connectivity index (χ1v) is 8.73. The minimum absolute atomic E-state index is 0.0809. The van der Waals surface area contributed by atoms with E-state index in [1.54, 1.807) is 24.3 Å². The Morgan fingerprint density at radius 2 is 2.11 bits per heavy atom. The third-order valence-corrected chi connectivity index (χ3v) is 3.77. The maximum Gasteiger partial charge on any atom is 0.270 e. The van der Waals surface area contributed by atoms with Crippen LogP contribution in [0.25, 0.3) is 11.6 Å². The van der Waals surface area contributed by atoms with E-state index in [0.29, 0.717) is 34.3 Å². The lowest BCUT2D eigenvalue weighted by Gasteiger charge is -2.16. The third kappa shape index (κ3) is 5.22. The number of hydrogen-bond acceptors (Lipinski definition) is 5. The molecule has 6 nitrogen and oxygen atoms in total. The Bertz CT molecular complexity index is 917. The van der Waals surface area contributed by atoms with Crippen LogP contribution in [-0.4, -0.2) is 17.6 Å². The molecular weight excluding hydrogens is 368 g/mol. The number of rotatable bonds is 7. The lowest BCUT2D eigenvalue weighted by molar-refractivity contribution is -0.384. The molecule has 2 rings (SSSR count). The highest BCUT2D eigenvalue weighted by molar-refractivity contribution is 6.32. The summed E-state index contributed by atoms with van der Waals surface area (Å²) in [6.45, 7) is 6.04. The van der Waals surface area contributed by atoms with Crippen LogP contribution in [0.5, 0.6) is 11.5 Å². The molecular formula is C20H19ClN2O4. The maximum atomic E-state index is 11.0. The van der Waals surface area contributed by atoms with Gasteiger partial charge in [-0.3, -0.25) is 10.1 Å². The van der Waals surface area contributed by atoms with Crippen LogP contribution >= 0.6 is 11.6 Å². The smallest absolute Gasteiger partial charge is 0.270 e. The van der Waals surface area contributed by atoms with Gasteiger partial charge in [0.2, 0.25) is 0 Å². The Balaban J connectivity index is 2.51. The molecule has 0 fully saturated rings. The minimum atomic E-state index is -0.499. The molecule has 0 spiro atoms. The largest absolute Gasteiger partial charge is 0.490 e. The number of halogens is 1. The van der Waals surface area contributed by atoms with Crippen LogP contribution in [0.4, 0.5) is 5.69 Å². The zero-order chi connectivity index (χ0) is 20.0. The fourth-order valence-corrected chi connectivity index (χ4v) is 2.68. The van der Waals surface area contributed by atoms with Gasteiger partial charge in [0.05, 0.1) is 34.3 Å². The van der Waals surface area contributed by atoms with Gasteiger partial charge in [0.1, 0.15) is 0 Å². The number of nitriles is 1. The summed E-state index contributed by atoms with van der Waals surface area (Å²) in [5, 5.41) is 20.8. The molecule has 0 aromatic heterocycles. The normalized spacial score (nSPS) is 11.2. The lowest BCUT2D eigenvalue weighted by Crippen LogP contribution is -2.08. The summed E-state index contributed by atoms with van der Waals surface area (Å²) >= 11 is 6.35. The number of hydrogen-bond donors (Lipinski definition) is 0. The molecule has 0 radical (unpaired) electrons. The Morgan fingerprint density at radius 3 is 2.70 bits per heavy atom. The number of nitro benzene ring substituents is 1. The minimum Gasteiger partial charge on any atom is -0.490 e. The summed E-state index contributed by atoms with van der Waals surface area (Å²) < 4.78 is 11.3. The number of allylic oxidation sites excluding steroid dienone is 1. The molecule has 2 aromatic carbocycles. The second-order valence-electron chi connectivity index (χ2n) is 5.91. The van der Waals surface area contributed by atoms with Crippen molar-refractivity contribution in [3.63, 3.8) is 0 Å². The topological polar surface area (TPSA) is 85.4 Å². The summed E-state index contributed by atoms with van der Waals surface area (Å²) in [5.74, 6) is 0.917. The molecule has 0 aliphatic heterocycles. The first-order chi connectivity index (χ1) is 12.8. The van der Waals surface area contributed by atoms with Crippen molar-refractivity contribution in [3.8, 4) is 17.6 Å². The molecule has 0 bridgehead atoms. The van der Waals surface area contributed by atoms with E-state index >= 15 is 0 Å². The van der Waals surface area contributed by atoms with Crippen molar-refractivity contribution < 1.29 is 14.4 Å². The molecule has 0 unspecified atom stereocenters. The highest BCUT2D eigenvalue weighted by atomic mass is 35.5. The predicted octanol–water partition coefficient (Wildman–Crippen LogP) is 5.50. The van der Waals surface area contributed by atoms with Gasteiger partial charge in [0, 0.05) is 12.1 Å². The predicted molar refractivity (Wildman–Crippen MR) is 105 cm³/mol. The van der Waals surface area contributed by atoms with Gasteiger partial charge in [0.25, 0.3) is 5.69 Å². The highest BCUT2D eigenvalue weighted by Crippen LogP contribution is 2.38. The summed E-state index contributed by atoms with van der Waals surface area (Å²) in [7, 11) is 0. The van der Waals surface area contributed by atoms with E-state index in [-0.39, 0.29) is 17.4 Å². The molecule has 0 atom stereocenters. The van der Waals surface area contributed by atoms with Crippen LogP contribution in [0.2, 0.25) is 5.02 Å². The molecule has 27 heavy (non-hydrogen) atoms. The summed E-state index contributed by atoms with van der Waals surface area (Å²) in [5.41, 5.74) is 1.27. The molecule has 140 valence electrons. The monoisotopic (exact) mass is 386 g/mol. The van der Waals surface area contributed by atoms with Gasteiger partial charge < -0.3 is 9.47 Å². The van der Waals surface area contributed by atoms with Gasteiger partial charge in [-0.25, -0.2) is 0 Å². The van der Waals surface area contributed by atoms with Crippen molar-refractivity contribution in [2.45, 2.75) is 26.9 Å². The second kappa shape index (κ2) is 9.06. The van der Waals surface area contributed by atoms with Crippen molar-refractivity contribution in [2.24, 2.45) is 0 Å². The molecule has 0 aliphatic rings. The fraction of sp³-hybridized carbons (Fsp3) is 0.250. The molecule has 7 heteroatoms. The quantitative estimate of drug-likeness (QED) is 0.271. The number of nitrogens with zero attached hydrogens (tertiary/aromatic N) is 2. The first-order valence-electron chi connectivity index (χ1n) is 8.35. The SMILES string of the molecule is CCOc1cc(C=C(C#N)c2cccc([N+](=O)[O-])c2)cc(Cl)c1OC(C)C. The summed E-state index contributed by atoms with van der Waals surface area (Å²) in [4.78, 5) is 10.5. The van der Waals surface area contributed by atoms with E-state index < -0.39 is 4.92 Å². The molecule has 0 amide bonds. The van der Waals surface area contributed by atoms with E-state index in [9.17, 15) is 15.4 Å². The van der Waals surface area contributed by atoms with Gasteiger partial charge >= 0.3 is 0 Å². The van der Waals surface area contributed by atoms with E-state index in [1.165, 1.54) is 18.2 Å². The Labute approximate surface area is 162 Å². The zero-order valence-electron chi connectivity index (χ0n) is 15.2. The summed E-state index contributed by atoms with van der Waals surface area (Å²) in [6, 6.07) is 11.4. The van der Waals surface area contributed by atoms with Crippen molar-refractivity contribution in [3.05, 3.63) is 62.7 Å². The zero-order valence-corrected chi connectivity index (χ0v) is 16.0. The van der Waals surface area contributed by atoms with E-state index in [4.69, 9.17) is 21.1 Å². The third-order valence-electron chi connectivity index (χ3n) is 3.48. The molecule has 0 saturated carbocycles. The molecule has 0 aliphatic carbocycles. The van der Waals surface area contributed by atoms with Gasteiger partial charge in [-0.05, 0) is 50.1 Å². The molecule has 2 aromatic rings. The van der Waals surface area contributed by atoms with Crippen LogP contribution in [0.15, 0.2) is 36.4 Å². The van der Waals surface area contributed by atoms with Gasteiger partial charge in [-0.2, -0.15) is 5.26 Å². The van der Waals surface area contributed by atoms with Crippen LogP contribution in [0.1, 0.15) is 31.9 Å². The van der Waals surface area contributed by atoms with Crippen LogP contribution in [0, 0.1) is 21.4 Å². The lowest BCUT2D eigenvalue weighted by atomic mass is 10.0. The van der Waals surface area contributed by atoms with Crippen LogP contribution in [0.3, 0.4) is 0 Å². The summed E-state index contributed by atoms with van der Waals surface area (Å²) in [6.07, 6.45) is 1.52. The average molecular weight is 387 g/mol. The van der Waals surface area contributed by atoms with Crippen molar-refractivity contribution in [2.75, 3.05) is 6.61 Å². The van der Waals surface area contributed by atoms with Gasteiger partial charge in [0.15, 0.2) is 11.5 Å². The second-order valence-corrected chi connectivity index (χ2v) is 6.31. The number of benzene rings is 2. The molecule has 0 N–H and O–H groups in total. The molecule has 0 saturated heterocycles.